The van der Waals surface area contributed by atoms with E-state index in [0.717, 1.165) is 24.9 Å². The third-order valence-electron chi connectivity index (χ3n) is 4.05. The number of rotatable bonds is 4. The first-order chi connectivity index (χ1) is 9.83. The number of hydrogen-bond donors (Lipinski definition) is 0. The molecule has 110 valence electrons. The molecule has 0 bridgehead atoms. The van der Waals surface area contributed by atoms with Gasteiger partial charge in [-0.25, -0.2) is 4.39 Å². The molecule has 0 N–H and O–H groups in total. The Kier molecular flexibility index (Phi) is 4.41. The van der Waals surface area contributed by atoms with Crippen molar-refractivity contribution < 1.29 is 13.9 Å². The molecule has 0 unspecified atom stereocenters. The van der Waals surface area contributed by atoms with E-state index in [4.69, 9.17) is 9.47 Å². The lowest BCUT2D eigenvalue weighted by molar-refractivity contribution is 0.164. The van der Waals surface area contributed by atoms with Crippen LogP contribution in [0.15, 0.2) is 12.1 Å². The summed E-state index contributed by atoms with van der Waals surface area (Å²) in [6.07, 6.45) is 5.96. The second kappa shape index (κ2) is 6.44. The number of piperidine rings is 1. The molecule has 0 aromatic heterocycles. The van der Waals surface area contributed by atoms with E-state index in [1.54, 1.807) is 6.07 Å². The Morgan fingerprint density at radius 2 is 1.85 bits per heavy atom. The molecule has 0 amide bonds. The van der Waals surface area contributed by atoms with Gasteiger partial charge in [0, 0.05) is 0 Å². The maximum atomic E-state index is 13.9. The van der Waals surface area contributed by atoms with Gasteiger partial charge in [-0.2, -0.15) is 0 Å². The fraction of sp³-hybridized carbons (Fsp3) is 0.625. The van der Waals surface area contributed by atoms with E-state index in [1.165, 1.54) is 32.4 Å². The van der Waals surface area contributed by atoms with Crippen molar-refractivity contribution in [1.82, 2.24) is 4.90 Å². The second-order valence-corrected chi connectivity index (χ2v) is 5.61. The smallest absolute Gasteiger partial charge is 0.197 e. The Hall–Kier alpha value is -1.29. The highest BCUT2D eigenvalue weighted by molar-refractivity contribution is 5.45. The number of hydrogen-bond acceptors (Lipinski definition) is 3. The largest absolute Gasteiger partial charge is 0.486 e. The molecular weight excluding hydrogens is 257 g/mol. The summed E-state index contributed by atoms with van der Waals surface area (Å²) < 4.78 is 24.7. The van der Waals surface area contributed by atoms with E-state index in [9.17, 15) is 4.39 Å². The van der Waals surface area contributed by atoms with Crippen molar-refractivity contribution in [1.29, 1.82) is 0 Å². The van der Waals surface area contributed by atoms with Crippen LogP contribution in [-0.4, -0.2) is 37.7 Å². The Labute approximate surface area is 119 Å². The molecular formula is C16H22FNO2. The predicted octanol–water partition coefficient (Wildman–Crippen LogP) is 3.02. The Morgan fingerprint density at radius 3 is 2.70 bits per heavy atom. The van der Waals surface area contributed by atoms with Gasteiger partial charge in [0.1, 0.15) is 13.2 Å². The summed E-state index contributed by atoms with van der Waals surface area (Å²) in [6, 6.07) is 3.51. The zero-order valence-corrected chi connectivity index (χ0v) is 11.9. The van der Waals surface area contributed by atoms with Gasteiger partial charge in [-0.1, -0.05) is 6.42 Å². The van der Waals surface area contributed by atoms with Gasteiger partial charge in [0.2, 0.25) is 0 Å². The third-order valence-corrected chi connectivity index (χ3v) is 4.05. The number of likely N-dealkylation sites (tertiary alicyclic amines) is 1. The molecule has 2 heterocycles. The topological polar surface area (TPSA) is 21.7 Å². The molecule has 1 aromatic rings. The van der Waals surface area contributed by atoms with E-state index in [1.807, 2.05) is 6.07 Å². The van der Waals surface area contributed by atoms with E-state index in [-0.39, 0.29) is 11.6 Å². The van der Waals surface area contributed by atoms with E-state index >= 15 is 0 Å². The minimum Gasteiger partial charge on any atom is -0.486 e. The lowest BCUT2D eigenvalue weighted by atomic mass is 10.1. The second-order valence-electron chi connectivity index (χ2n) is 5.61. The Bertz CT molecular complexity index is 458. The summed E-state index contributed by atoms with van der Waals surface area (Å²) in [4.78, 5) is 2.51. The first kappa shape index (κ1) is 13.7. The van der Waals surface area contributed by atoms with Crippen LogP contribution in [-0.2, 0) is 6.42 Å². The average Bonchev–Trinajstić information content (AvgIpc) is 2.48. The molecule has 0 aliphatic carbocycles. The van der Waals surface area contributed by atoms with Crippen molar-refractivity contribution in [2.75, 3.05) is 32.8 Å². The molecule has 1 saturated heterocycles. The van der Waals surface area contributed by atoms with Crippen molar-refractivity contribution in [3.05, 3.63) is 23.5 Å². The van der Waals surface area contributed by atoms with Crippen molar-refractivity contribution >= 4 is 0 Å². The lowest BCUT2D eigenvalue weighted by Crippen LogP contribution is -2.30. The van der Waals surface area contributed by atoms with Gasteiger partial charge >= 0.3 is 0 Å². The van der Waals surface area contributed by atoms with Crippen LogP contribution in [0.25, 0.3) is 0 Å². The summed E-state index contributed by atoms with van der Waals surface area (Å²) in [5.74, 6) is 0.537. The van der Waals surface area contributed by atoms with Gasteiger partial charge in [0.25, 0.3) is 0 Å². The molecule has 1 fully saturated rings. The van der Waals surface area contributed by atoms with Gasteiger partial charge in [-0.05, 0) is 63.0 Å². The zero-order valence-electron chi connectivity index (χ0n) is 11.9. The van der Waals surface area contributed by atoms with Gasteiger partial charge < -0.3 is 14.4 Å². The summed E-state index contributed by atoms with van der Waals surface area (Å²) in [5, 5.41) is 0. The molecule has 3 rings (SSSR count). The molecule has 0 atom stereocenters. The van der Waals surface area contributed by atoms with Crippen LogP contribution in [0.4, 0.5) is 4.39 Å². The normalized spacial score (nSPS) is 19.1. The predicted molar refractivity (Wildman–Crippen MR) is 76.0 cm³/mol. The molecule has 3 nitrogen and oxygen atoms in total. The van der Waals surface area contributed by atoms with Crippen molar-refractivity contribution in [2.45, 2.75) is 32.1 Å². The fourth-order valence-corrected chi connectivity index (χ4v) is 3.00. The molecule has 2 aliphatic heterocycles. The standard InChI is InChI=1S/C16H22FNO2/c17-14-11-13(12-15-16(14)20-10-9-19-15)5-4-8-18-6-2-1-3-7-18/h11-12H,1-10H2. The minimum absolute atomic E-state index is 0.274. The molecule has 0 spiro atoms. The van der Waals surface area contributed by atoms with Crippen LogP contribution >= 0.6 is 0 Å². The van der Waals surface area contributed by atoms with Crippen LogP contribution < -0.4 is 9.47 Å². The maximum Gasteiger partial charge on any atom is 0.197 e. The Morgan fingerprint density at radius 1 is 1.05 bits per heavy atom. The summed E-state index contributed by atoms with van der Waals surface area (Å²) in [7, 11) is 0. The number of nitrogens with zero attached hydrogens (tertiary/aromatic N) is 1. The number of halogens is 1. The molecule has 1 aromatic carbocycles. The zero-order chi connectivity index (χ0) is 13.8. The fourth-order valence-electron chi connectivity index (χ4n) is 3.00. The highest BCUT2D eigenvalue weighted by Gasteiger charge is 2.18. The summed E-state index contributed by atoms with van der Waals surface area (Å²) in [6.45, 7) is 4.48. The van der Waals surface area contributed by atoms with Crippen molar-refractivity contribution in [2.24, 2.45) is 0 Å². The van der Waals surface area contributed by atoms with E-state index < -0.39 is 0 Å². The van der Waals surface area contributed by atoms with Crippen LogP contribution in [0.5, 0.6) is 11.5 Å². The molecule has 0 saturated carbocycles. The minimum atomic E-state index is -0.296. The summed E-state index contributed by atoms with van der Waals surface area (Å²) >= 11 is 0. The van der Waals surface area contributed by atoms with Crippen molar-refractivity contribution in [3.63, 3.8) is 0 Å². The van der Waals surface area contributed by atoms with Crippen LogP contribution in [0.1, 0.15) is 31.2 Å². The number of benzene rings is 1. The first-order valence-corrected chi connectivity index (χ1v) is 7.63. The summed E-state index contributed by atoms with van der Waals surface area (Å²) in [5.41, 5.74) is 1.00. The molecule has 4 heteroatoms. The van der Waals surface area contributed by atoms with E-state index in [0.29, 0.717) is 19.0 Å². The lowest BCUT2D eigenvalue weighted by Gasteiger charge is -2.26. The van der Waals surface area contributed by atoms with Gasteiger partial charge in [-0.3, -0.25) is 0 Å². The first-order valence-electron chi connectivity index (χ1n) is 7.63. The maximum absolute atomic E-state index is 13.9. The van der Waals surface area contributed by atoms with Crippen LogP contribution in [0, 0.1) is 5.82 Å². The van der Waals surface area contributed by atoms with Gasteiger partial charge in [0.15, 0.2) is 17.3 Å². The molecule has 20 heavy (non-hydrogen) atoms. The van der Waals surface area contributed by atoms with Crippen molar-refractivity contribution in [3.8, 4) is 11.5 Å². The highest BCUT2D eigenvalue weighted by atomic mass is 19.1. The quantitative estimate of drug-likeness (QED) is 0.845. The van der Waals surface area contributed by atoms with Gasteiger partial charge in [-0.15, -0.1) is 0 Å². The number of ether oxygens (including phenoxy) is 2. The SMILES string of the molecule is Fc1cc(CCCN2CCCCC2)cc2c1OCCO2. The average molecular weight is 279 g/mol. The monoisotopic (exact) mass is 279 g/mol. The third kappa shape index (κ3) is 3.23. The molecule has 0 radical (unpaired) electrons. The van der Waals surface area contributed by atoms with Crippen LogP contribution in [0.2, 0.25) is 0 Å². The molecule has 2 aliphatic rings. The van der Waals surface area contributed by atoms with Crippen LogP contribution in [0.3, 0.4) is 0 Å². The Balaban J connectivity index is 1.56. The highest BCUT2D eigenvalue weighted by Crippen LogP contribution is 2.34. The number of aryl methyl sites for hydroxylation is 1. The van der Waals surface area contributed by atoms with E-state index in [2.05, 4.69) is 4.90 Å². The van der Waals surface area contributed by atoms with Gasteiger partial charge in [0.05, 0.1) is 0 Å². The number of fused-ring (bicyclic) bond motifs is 1.